The number of furan rings is 1. The second kappa shape index (κ2) is 9.80. The number of guanidine groups is 1. The normalized spacial score (nSPS) is 23.6. The molecule has 27 heavy (non-hydrogen) atoms. The number of likely N-dealkylation sites (tertiary alicyclic amines) is 1. The van der Waals surface area contributed by atoms with Crippen LogP contribution in [0.2, 0.25) is 0 Å². The van der Waals surface area contributed by atoms with Crippen molar-refractivity contribution < 1.29 is 9.21 Å². The summed E-state index contributed by atoms with van der Waals surface area (Å²) in [5, 5.41) is 7.03. The zero-order valence-corrected chi connectivity index (χ0v) is 18.2. The van der Waals surface area contributed by atoms with Gasteiger partial charge in [-0.2, -0.15) is 0 Å². The summed E-state index contributed by atoms with van der Waals surface area (Å²) in [6.45, 7) is 2.40. The van der Waals surface area contributed by atoms with Gasteiger partial charge in [0.05, 0.1) is 6.26 Å². The molecule has 1 amide bonds. The summed E-state index contributed by atoms with van der Waals surface area (Å²) in [4.78, 5) is 19.0. The van der Waals surface area contributed by atoms with Crippen molar-refractivity contribution in [3.05, 3.63) is 24.2 Å². The van der Waals surface area contributed by atoms with Gasteiger partial charge in [-0.05, 0) is 37.8 Å². The van der Waals surface area contributed by atoms with Gasteiger partial charge in [-0.1, -0.05) is 12.8 Å². The molecule has 1 aromatic rings. The fourth-order valence-electron chi connectivity index (χ4n) is 4.07. The Balaban J connectivity index is 0.00000210. The molecule has 1 aliphatic heterocycles. The fraction of sp³-hybridized carbons (Fsp3) is 0.700. The molecule has 0 radical (unpaired) electrons. The van der Waals surface area contributed by atoms with Crippen LogP contribution in [0, 0.1) is 5.92 Å². The summed E-state index contributed by atoms with van der Waals surface area (Å²) in [5.41, 5.74) is 0. The predicted octanol–water partition coefficient (Wildman–Crippen LogP) is 2.93. The van der Waals surface area contributed by atoms with Gasteiger partial charge < -0.3 is 20.0 Å². The first kappa shape index (κ1) is 20.5. The van der Waals surface area contributed by atoms with E-state index in [1.807, 2.05) is 12.1 Å². The topological polar surface area (TPSA) is 69.9 Å². The maximum atomic E-state index is 12.1. The molecule has 7 heteroatoms. The molecule has 2 aliphatic carbocycles. The smallest absolute Gasteiger partial charge is 0.223 e. The van der Waals surface area contributed by atoms with E-state index in [0.717, 1.165) is 37.8 Å². The number of carbonyl (C=O) groups excluding carboxylic acids is 1. The summed E-state index contributed by atoms with van der Waals surface area (Å²) >= 11 is 0. The van der Waals surface area contributed by atoms with Gasteiger partial charge in [0.25, 0.3) is 0 Å². The molecular weight excluding hydrogens is 455 g/mol. The number of nitrogens with one attached hydrogen (secondary N) is 2. The zero-order valence-electron chi connectivity index (χ0n) is 15.9. The van der Waals surface area contributed by atoms with Crippen LogP contribution in [0.3, 0.4) is 0 Å². The van der Waals surface area contributed by atoms with Crippen molar-refractivity contribution in [2.75, 3.05) is 19.6 Å². The quantitative estimate of drug-likeness (QED) is 0.354. The van der Waals surface area contributed by atoms with Crippen LogP contribution in [0.25, 0.3) is 0 Å². The maximum Gasteiger partial charge on any atom is 0.223 e. The molecule has 0 bridgehead atoms. The molecule has 1 aromatic heterocycles. The second-order valence-electron chi connectivity index (χ2n) is 7.92. The van der Waals surface area contributed by atoms with E-state index < -0.39 is 0 Å². The van der Waals surface area contributed by atoms with E-state index in [1.54, 1.807) is 6.26 Å². The predicted molar refractivity (Wildman–Crippen MR) is 116 cm³/mol. The average molecular weight is 486 g/mol. The summed E-state index contributed by atoms with van der Waals surface area (Å²) < 4.78 is 5.40. The Bertz CT molecular complexity index is 624. The molecule has 3 aliphatic rings. The van der Waals surface area contributed by atoms with E-state index in [2.05, 4.69) is 15.5 Å². The van der Waals surface area contributed by atoms with E-state index in [9.17, 15) is 4.79 Å². The molecule has 0 aromatic carbocycles. The number of halogens is 1. The second-order valence-corrected chi connectivity index (χ2v) is 7.92. The highest BCUT2D eigenvalue weighted by Crippen LogP contribution is 2.32. The van der Waals surface area contributed by atoms with Crippen LogP contribution >= 0.6 is 24.0 Å². The Labute approximate surface area is 178 Å². The Morgan fingerprint density at radius 1 is 1.26 bits per heavy atom. The Morgan fingerprint density at radius 3 is 2.78 bits per heavy atom. The Hall–Kier alpha value is -1.25. The van der Waals surface area contributed by atoms with E-state index in [1.165, 1.54) is 38.5 Å². The number of amides is 1. The van der Waals surface area contributed by atoms with Gasteiger partial charge in [-0.25, -0.2) is 0 Å². The van der Waals surface area contributed by atoms with Gasteiger partial charge in [0, 0.05) is 50.5 Å². The molecule has 4 rings (SSSR count). The summed E-state index contributed by atoms with van der Waals surface area (Å²) in [6, 6.07) is 4.97. The average Bonchev–Trinajstić information content (AvgIpc) is 3.04. The minimum Gasteiger partial charge on any atom is -0.469 e. The lowest BCUT2D eigenvalue weighted by Crippen LogP contribution is -2.43. The molecule has 2 N–H and O–H groups in total. The van der Waals surface area contributed by atoms with Gasteiger partial charge in [-0.3, -0.25) is 9.79 Å². The number of carbonyl (C=O) groups is 1. The molecular formula is C20H31IN4O2. The molecule has 1 unspecified atom stereocenters. The number of rotatable bonds is 7. The fourth-order valence-corrected chi connectivity index (χ4v) is 4.07. The SMILES string of the molecule is I.O=C1CC(CN=C(NCCc2ccco2)NC2CCCC2)CN1C1CC1. The van der Waals surface area contributed by atoms with Gasteiger partial charge in [0.2, 0.25) is 5.91 Å². The van der Waals surface area contributed by atoms with Crippen molar-refractivity contribution in [3.8, 4) is 0 Å². The third-order valence-electron chi connectivity index (χ3n) is 5.67. The highest BCUT2D eigenvalue weighted by molar-refractivity contribution is 14.0. The van der Waals surface area contributed by atoms with Crippen LogP contribution in [-0.2, 0) is 11.2 Å². The highest BCUT2D eigenvalue weighted by atomic mass is 127. The molecule has 2 saturated carbocycles. The van der Waals surface area contributed by atoms with Crippen LogP contribution in [-0.4, -0.2) is 48.5 Å². The lowest BCUT2D eigenvalue weighted by molar-refractivity contribution is -0.128. The molecule has 1 saturated heterocycles. The largest absolute Gasteiger partial charge is 0.469 e. The van der Waals surface area contributed by atoms with Crippen LogP contribution in [0.1, 0.15) is 50.7 Å². The number of hydrogen-bond donors (Lipinski definition) is 2. The van der Waals surface area contributed by atoms with Crippen LogP contribution in [0.5, 0.6) is 0 Å². The van der Waals surface area contributed by atoms with Crippen molar-refractivity contribution in [2.45, 2.75) is 63.5 Å². The maximum absolute atomic E-state index is 12.1. The van der Waals surface area contributed by atoms with Crippen LogP contribution in [0.15, 0.2) is 27.8 Å². The Kier molecular flexibility index (Phi) is 7.43. The first-order chi connectivity index (χ1) is 12.8. The Morgan fingerprint density at radius 2 is 2.07 bits per heavy atom. The summed E-state index contributed by atoms with van der Waals surface area (Å²) in [5.74, 6) is 2.55. The van der Waals surface area contributed by atoms with Gasteiger partial charge >= 0.3 is 0 Å². The van der Waals surface area contributed by atoms with Crippen molar-refractivity contribution >= 4 is 35.8 Å². The number of hydrogen-bond acceptors (Lipinski definition) is 3. The number of nitrogens with zero attached hydrogens (tertiary/aromatic N) is 2. The highest BCUT2D eigenvalue weighted by Gasteiger charge is 2.39. The van der Waals surface area contributed by atoms with Crippen LogP contribution < -0.4 is 10.6 Å². The minimum absolute atomic E-state index is 0. The third kappa shape index (κ3) is 5.86. The summed E-state index contributed by atoms with van der Waals surface area (Å²) in [7, 11) is 0. The van der Waals surface area contributed by atoms with Crippen molar-refractivity contribution in [3.63, 3.8) is 0 Å². The first-order valence-electron chi connectivity index (χ1n) is 10.1. The van der Waals surface area contributed by atoms with Crippen molar-refractivity contribution in [1.29, 1.82) is 0 Å². The first-order valence-corrected chi connectivity index (χ1v) is 10.1. The summed E-state index contributed by atoms with van der Waals surface area (Å²) in [6.07, 6.45) is 10.6. The van der Waals surface area contributed by atoms with E-state index in [-0.39, 0.29) is 24.0 Å². The van der Waals surface area contributed by atoms with Gasteiger partial charge in [0.15, 0.2) is 5.96 Å². The van der Waals surface area contributed by atoms with Gasteiger partial charge in [-0.15, -0.1) is 24.0 Å². The van der Waals surface area contributed by atoms with E-state index >= 15 is 0 Å². The lowest BCUT2D eigenvalue weighted by atomic mass is 10.1. The van der Waals surface area contributed by atoms with Crippen LogP contribution in [0.4, 0.5) is 0 Å². The third-order valence-corrected chi connectivity index (χ3v) is 5.67. The van der Waals surface area contributed by atoms with Crippen molar-refractivity contribution in [2.24, 2.45) is 10.9 Å². The standard InChI is InChI=1S/C20H30N4O2.HI/c25-19-12-15(14-24(19)17-7-8-17)13-22-20(23-16-4-1-2-5-16)21-10-9-18-6-3-11-26-18;/h3,6,11,15-17H,1-2,4-5,7-10,12-14H2,(H2,21,22,23);1H. The molecule has 1 atom stereocenters. The van der Waals surface area contributed by atoms with E-state index in [4.69, 9.17) is 9.41 Å². The van der Waals surface area contributed by atoms with Crippen molar-refractivity contribution in [1.82, 2.24) is 15.5 Å². The molecule has 3 fully saturated rings. The molecule has 150 valence electrons. The monoisotopic (exact) mass is 486 g/mol. The molecule has 0 spiro atoms. The zero-order chi connectivity index (χ0) is 17.8. The van der Waals surface area contributed by atoms with Gasteiger partial charge in [0.1, 0.15) is 5.76 Å². The minimum atomic E-state index is 0. The molecule has 2 heterocycles. The number of aliphatic imine (C=N–C) groups is 1. The molecule has 6 nitrogen and oxygen atoms in total. The van der Waals surface area contributed by atoms with E-state index in [0.29, 0.717) is 30.3 Å². The lowest BCUT2D eigenvalue weighted by Gasteiger charge is -2.18.